The fourth-order valence-electron chi connectivity index (χ4n) is 3.00. The normalized spacial score (nSPS) is 15.0. The Morgan fingerprint density at radius 2 is 1.83 bits per heavy atom. The third-order valence-corrected chi connectivity index (χ3v) is 4.13. The summed E-state index contributed by atoms with van der Waals surface area (Å²) in [7, 11) is 0. The first-order chi connectivity index (χ1) is 11.5. The summed E-state index contributed by atoms with van der Waals surface area (Å²) < 4.78 is 1.37. The van der Waals surface area contributed by atoms with Crippen molar-refractivity contribution in [1.82, 2.24) is 20.0 Å². The van der Waals surface area contributed by atoms with Crippen molar-refractivity contribution >= 4 is 11.8 Å². The largest absolute Gasteiger partial charge is 0.477 e. The summed E-state index contributed by atoms with van der Waals surface area (Å²) >= 11 is 0. The number of hydrogen-bond acceptors (Lipinski definition) is 5. The minimum Gasteiger partial charge on any atom is -0.477 e. The zero-order valence-corrected chi connectivity index (χ0v) is 14.1. The molecule has 1 aliphatic rings. The van der Waals surface area contributed by atoms with E-state index in [1.807, 2.05) is 6.07 Å². The molecule has 128 valence electrons. The van der Waals surface area contributed by atoms with Gasteiger partial charge >= 0.3 is 5.97 Å². The summed E-state index contributed by atoms with van der Waals surface area (Å²) in [4.78, 5) is 13.7. The monoisotopic (exact) mass is 329 g/mol. The Labute approximate surface area is 141 Å². The highest BCUT2D eigenvalue weighted by Gasteiger charge is 2.18. The van der Waals surface area contributed by atoms with Gasteiger partial charge in [-0.25, -0.2) is 9.48 Å². The molecule has 3 rings (SSSR count). The molecule has 24 heavy (non-hydrogen) atoms. The van der Waals surface area contributed by atoms with Gasteiger partial charge in [-0.3, -0.25) is 0 Å². The molecule has 0 radical (unpaired) electrons. The third kappa shape index (κ3) is 3.55. The standard InChI is InChI=1S/C17H23N5O2/c1-12(2)10-13-11-14(17(23)24)22(20-13)16-7-6-15(18-19-16)21-8-4-3-5-9-21/h6-7,11-12H,3-5,8-10H2,1-2H3,(H,23,24). The molecule has 7 heteroatoms. The van der Waals surface area contributed by atoms with Crippen LogP contribution in [0, 0.1) is 5.92 Å². The zero-order valence-electron chi connectivity index (χ0n) is 14.1. The van der Waals surface area contributed by atoms with E-state index in [1.54, 1.807) is 12.1 Å². The van der Waals surface area contributed by atoms with Crippen molar-refractivity contribution in [3.8, 4) is 5.82 Å². The highest BCUT2D eigenvalue weighted by molar-refractivity contribution is 5.86. The average Bonchev–Trinajstić information content (AvgIpc) is 2.99. The van der Waals surface area contributed by atoms with Crippen molar-refractivity contribution in [2.75, 3.05) is 18.0 Å². The number of carboxylic acids is 1. The van der Waals surface area contributed by atoms with Crippen LogP contribution in [0.2, 0.25) is 0 Å². The second kappa shape index (κ2) is 6.98. The number of carbonyl (C=O) groups is 1. The number of piperidine rings is 1. The minimum absolute atomic E-state index is 0.116. The van der Waals surface area contributed by atoms with Gasteiger partial charge in [-0.15, -0.1) is 10.2 Å². The lowest BCUT2D eigenvalue weighted by molar-refractivity contribution is 0.0686. The van der Waals surface area contributed by atoms with Crippen LogP contribution in [0.1, 0.15) is 49.3 Å². The summed E-state index contributed by atoms with van der Waals surface area (Å²) in [5.74, 6) is 0.662. The molecule has 1 fully saturated rings. The van der Waals surface area contributed by atoms with Crippen LogP contribution < -0.4 is 4.90 Å². The molecule has 0 spiro atoms. The fourth-order valence-corrected chi connectivity index (χ4v) is 3.00. The van der Waals surface area contributed by atoms with Crippen molar-refractivity contribution < 1.29 is 9.90 Å². The van der Waals surface area contributed by atoms with Crippen LogP contribution in [0.4, 0.5) is 5.82 Å². The third-order valence-electron chi connectivity index (χ3n) is 4.13. The predicted octanol–water partition coefficient (Wildman–Crippen LogP) is 2.55. The molecule has 1 saturated heterocycles. The van der Waals surface area contributed by atoms with Gasteiger partial charge in [0, 0.05) is 13.1 Å². The van der Waals surface area contributed by atoms with Crippen LogP contribution in [0.3, 0.4) is 0 Å². The first kappa shape index (κ1) is 16.4. The number of hydrogen-bond donors (Lipinski definition) is 1. The molecule has 0 saturated carbocycles. The lowest BCUT2D eigenvalue weighted by Gasteiger charge is -2.27. The van der Waals surface area contributed by atoms with Crippen LogP contribution in [0.5, 0.6) is 0 Å². The van der Waals surface area contributed by atoms with E-state index in [2.05, 4.69) is 34.0 Å². The van der Waals surface area contributed by atoms with Crippen LogP contribution >= 0.6 is 0 Å². The molecule has 1 N–H and O–H groups in total. The van der Waals surface area contributed by atoms with Crippen molar-refractivity contribution in [2.24, 2.45) is 5.92 Å². The van der Waals surface area contributed by atoms with Crippen molar-refractivity contribution in [3.05, 3.63) is 29.6 Å². The van der Waals surface area contributed by atoms with E-state index >= 15 is 0 Å². The smallest absolute Gasteiger partial charge is 0.354 e. The number of nitrogens with zero attached hydrogens (tertiary/aromatic N) is 5. The molecule has 0 aromatic carbocycles. The quantitative estimate of drug-likeness (QED) is 0.907. The summed E-state index contributed by atoms with van der Waals surface area (Å²) in [6, 6.07) is 5.29. The van der Waals surface area contributed by atoms with E-state index in [9.17, 15) is 9.90 Å². The number of aromatic nitrogens is 4. The molecule has 2 aromatic heterocycles. The second-order valence-electron chi connectivity index (χ2n) is 6.63. The highest BCUT2D eigenvalue weighted by Crippen LogP contribution is 2.19. The maximum Gasteiger partial charge on any atom is 0.354 e. The molecule has 0 atom stereocenters. The summed E-state index contributed by atoms with van der Waals surface area (Å²) in [5, 5.41) is 22.3. The van der Waals surface area contributed by atoms with E-state index in [-0.39, 0.29) is 5.69 Å². The van der Waals surface area contributed by atoms with Crippen LogP contribution in [0.15, 0.2) is 18.2 Å². The van der Waals surface area contributed by atoms with E-state index in [1.165, 1.54) is 23.9 Å². The average molecular weight is 329 g/mol. The lowest BCUT2D eigenvalue weighted by Crippen LogP contribution is -2.30. The number of aromatic carboxylic acids is 1. The molecule has 0 bridgehead atoms. The zero-order chi connectivity index (χ0) is 17.1. The molecule has 0 aliphatic carbocycles. The molecular weight excluding hydrogens is 306 g/mol. The van der Waals surface area contributed by atoms with Crippen molar-refractivity contribution in [3.63, 3.8) is 0 Å². The topological polar surface area (TPSA) is 84.1 Å². The van der Waals surface area contributed by atoms with Gasteiger partial charge in [0.25, 0.3) is 0 Å². The van der Waals surface area contributed by atoms with Gasteiger partial charge in [0.1, 0.15) is 0 Å². The summed E-state index contributed by atoms with van der Waals surface area (Å²) in [6.07, 6.45) is 4.33. The summed E-state index contributed by atoms with van der Waals surface area (Å²) in [6.45, 7) is 6.14. The maximum absolute atomic E-state index is 11.5. The molecule has 2 aromatic rings. The number of carboxylic acid groups (broad SMARTS) is 1. The van der Waals surface area contributed by atoms with E-state index < -0.39 is 5.97 Å². The minimum atomic E-state index is -1.01. The Kier molecular flexibility index (Phi) is 4.78. The Hall–Kier alpha value is -2.44. The van der Waals surface area contributed by atoms with Gasteiger partial charge in [0.2, 0.25) is 0 Å². The molecule has 3 heterocycles. The Bertz CT molecular complexity index is 702. The van der Waals surface area contributed by atoms with Crippen molar-refractivity contribution in [2.45, 2.75) is 39.5 Å². The van der Waals surface area contributed by atoms with Crippen molar-refractivity contribution in [1.29, 1.82) is 0 Å². The van der Waals surface area contributed by atoms with Crippen LogP contribution in [-0.2, 0) is 6.42 Å². The molecule has 0 amide bonds. The highest BCUT2D eigenvalue weighted by atomic mass is 16.4. The van der Waals surface area contributed by atoms with E-state index in [0.717, 1.165) is 31.0 Å². The van der Waals surface area contributed by atoms with E-state index in [4.69, 9.17) is 0 Å². The lowest BCUT2D eigenvalue weighted by atomic mass is 10.1. The molecule has 1 aliphatic heterocycles. The van der Waals surface area contributed by atoms with Gasteiger partial charge in [0.05, 0.1) is 5.69 Å². The van der Waals surface area contributed by atoms with Crippen LogP contribution in [0.25, 0.3) is 5.82 Å². The van der Waals surface area contributed by atoms with Gasteiger partial charge in [0.15, 0.2) is 17.3 Å². The second-order valence-corrected chi connectivity index (χ2v) is 6.63. The van der Waals surface area contributed by atoms with Gasteiger partial charge in [-0.1, -0.05) is 13.8 Å². The predicted molar refractivity (Wildman–Crippen MR) is 90.7 cm³/mol. The first-order valence-electron chi connectivity index (χ1n) is 8.46. The summed E-state index contributed by atoms with van der Waals surface area (Å²) in [5.41, 5.74) is 0.870. The van der Waals surface area contributed by atoms with E-state index in [0.29, 0.717) is 11.7 Å². The number of anilines is 1. The fraction of sp³-hybridized carbons (Fsp3) is 0.529. The Morgan fingerprint density at radius 3 is 2.42 bits per heavy atom. The van der Waals surface area contributed by atoms with Gasteiger partial charge < -0.3 is 10.0 Å². The first-order valence-corrected chi connectivity index (χ1v) is 8.46. The molecule has 0 unspecified atom stereocenters. The molecular formula is C17H23N5O2. The van der Waals surface area contributed by atoms with Gasteiger partial charge in [-0.05, 0) is 49.8 Å². The van der Waals surface area contributed by atoms with Gasteiger partial charge in [-0.2, -0.15) is 5.10 Å². The SMILES string of the molecule is CC(C)Cc1cc(C(=O)O)n(-c2ccc(N3CCCCC3)nn2)n1. The molecule has 7 nitrogen and oxygen atoms in total. The Morgan fingerprint density at radius 1 is 1.17 bits per heavy atom. The number of rotatable bonds is 5. The van der Waals surface area contributed by atoms with Crippen LogP contribution in [-0.4, -0.2) is 44.1 Å². The maximum atomic E-state index is 11.5. The Balaban J connectivity index is 1.87.